The Morgan fingerprint density at radius 1 is 1.00 bits per heavy atom. The van der Waals surface area contributed by atoms with Crippen molar-refractivity contribution in [1.29, 1.82) is 0 Å². The molecule has 0 radical (unpaired) electrons. The number of carbonyl (C=O) groups excluding carboxylic acids is 2. The van der Waals surface area contributed by atoms with Crippen LogP contribution in [0.15, 0.2) is 54.6 Å². The Bertz CT molecular complexity index is 803. The first-order valence-electron chi connectivity index (χ1n) is 9.75. The van der Waals surface area contributed by atoms with Crippen LogP contribution in [0, 0.1) is 11.3 Å². The van der Waals surface area contributed by atoms with Crippen LogP contribution in [0.3, 0.4) is 0 Å². The number of hydrogen-bond acceptors (Lipinski definition) is 2. The molecule has 0 bridgehead atoms. The minimum Gasteiger partial charge on any atom is -0.279 e. The number of rotatable bonds is 4. The monoisotopic (exact) mass is 363 g/mol. The van der Waals surface area contributed by atoms with Crippen molar-refractivity contribution in [1.82, 2.24) is 4.90 Å². The lowest BCUT2D eigenvalue weighted by Crippen LogP contribution is -2.41. The molecule has 27 heavy (non-hydrogen) atoms. The number of benzene rings is 2. The first-order valence-corrected chi connectivity index (χ1v) is 9.75. The third-order valence-electron chi connectivity index (χ3n) is 5.13. The van der Waals surface area contributed by atoms with E-state index < -0.39 is 0 Å². The van der Waals surface area contributed by atoms with E-state index in [-0.39, 0.29) is 29.2 Å². The Balaban J connectivity index is 1.75. The van der Waals surface area contributed by atoms with Gasteiger partial charge in [-0.05, 0) is 34.9 Å². The van der Waals surface area contributed by atoms with Crippen LogP contribution >= 0.6 is 0 Å². The Kier molecular flexibility index (Phi) is 5.50. The summed E-state index contributed by atoms with van der Waals surface area (Å²) in [6.07, 6.45) is 1.87. The van der Waals surface area contributed by atoms with Crippen molar-refractivity contribution in [3.05, 3.63) is 60.2 Å². The van der Waals surface area contributed by atoms with E-state index in [1.54, 1.807) is 4.90 Å². The summed E-state index contributed by atoms with van der Waals surface area (Å²) in [6.45, 7) is 8.03. The van der Waals surface area contributed by atoms with E-state index in [0.29, 0.717) is 6.42 Å². The van der Waals surface area contributed by atoms with Crippen molar-refractivity contribution < 1.29 is 9.59 Å². The molecule has 0 aliphatic carbocycles. The van der Waals surface area contributed by atoms with Gasteiger partial charge in [0.15, 0.2) is 0 Å². The highest BCUT2D eigenvalue weighted by Gasteiger charge is 2.41. The highest BCUT2D eigenvalue weighted by molar-refractivity contribution is 5.98. The normalized spacial score (nSPS) is 20.1. The average molecular weight is 364 g/mol. The summed E-state index contributed by atoms with van der Waals surface area (Å²) in [5.74, 6) is -0.138. The van der Waals surface area contributed by atoms with Gasteiger partial charge in [-0.1, -0.05) is 82.3 Å². The smallest absolute Gasteiger partial charge is 0.232 e. The van der Waals surface area contributed by atoms with Gasteiger partial charge in [0, 0.05) is 18.4 Å². The molecule has 0 aromatic heterocycles. The molecule has 3 nitrogen and oxygen atoms in total. The summed E-state index contributed by atoms with van der Waals surface area (Å²) >= 11 is 0. The third kappa shape index (κ3) is 4.65. The summed E-state index contributed by atoms with van der Waals surface area (Å²) < 4.78 is 0. The van der Waals surface area contributed by atoms with E-state index in [4.69, 9.17) is 0 Å². The lowest BCUT2D eigenvalue weighted by Gasteiger charge is -2.27. The maximum absolute atomic E-state index is 12.8. The number of nitrogens with zero attached hydrogens (tertiary/aromatic N) is 1. The van der Waals surface area contributed by atoms with Crippen molar-refractivity contribution in [2.75, 3.05) is 0 Å². The summed E-state index contributed by atoms with van der Waals surface area (Å²) in [7, 11) is 0. The number of carbonyl (C=O) groups is 2. The van der Waals surface area contributed by atoms with Crippen LogP contribution in [-0.4, -0.2) is 22.8 Å². The van der Waals surface area contributed by atoms with Gasteiger partial charge >= 0.3 is 0 Å². The average Bonchev–Trinajstić information content (AvgIpc) is 2.89. The molecule has 0 saturated carbocycles. The quantitative estimate of drug-likeness (QED) is 0.758. The third-order valence-corrected chi connectivity index (χ3v) is 5.13. The van der Waals surface area contributed by atoms with E-state index in [0.717, 1.165) is 18.4 Å². The predicted octanol–water partition coefficient (Wildman–Crippen LogP) is 5.10. The molecule has 3 rings (SSSR count). The number of likely N-dealkylation sites (tertiary alicyclic amines) is 1. The zero-order valence-electron chi connectivity index (χ0n) is 16.7. The van der Waals surface area contributed by atoms with Crippen LogP contribution in [0.1, 0.15) is 46.1 Å². The predicted molar refractivity (Wildman–Crippen MR) is 109 cm³/mol. The van der Waals surface area contributed by atoms with Gasteiger partial charge in [-0.3, -0.25) is 14.5 Å². The topological polar surface area (TPSA) is 37.4 Å². The van der Waals surface area contributed by atoms with Gasteiger partial charge in [-0.15, -0.1) is 0 Å². The van der Waals surface area contributed by atoms with Gasteiger partial charge in [-0.2, -0.15) is 0 Å². The minimum atomic E-state index is -0.120. The fourth-order valence-electron chi connectivity index (χ4n) is 3.81. The van der Waals surface area contributed by atoms with Crippen molar-refractivity contribution in [3.63, 3.8) is 0 Å². The first kappa shape index (κ1) is 19.3. The molecule has 2 aromatic carbocycles. The molecule has 0 N–H and O–H groups in total. The maximum Gasteiger partial charge on any atom is 0.232 e. The number of imide groups is 1. The van der Waals surface area contributed by atoms with Crippen LogP contribution < -0.4 is 0 Å². The van der Waals surface area contributed by atoms with E-state index in [1.165, 1.54) is 11.1 Å². The molecule has 3 heteroatoms. The Morgan fingerprint density at radius 3 is 2.19 bits per heavy atom. The molecule has 2 aromatic rings. The fourth-order valence-corrected chi connectivity index (χ4v) is 3.81. The summed E-state index contributed by atoms with van der Waals surface area (Å²) in [5.41, 5.74) is 3.41. The number of amides is 2. The van der Waals surface area contributed by atoms with Gasteiger partial charge in [-0.25, -0.2) is 0 Å². The standard InChI is InChI=1S/C24H29NO2/c1-17-14-21(25(23(17)27)22(26)16-24(2,3)4)15-18-10-12-20(13-11-18)19-8-6-5-7-9-19/h5-13,17,21H,14-16H2,1-4H3/t17?,21-/m0/s1. The maximum atomic E-state index is 12.8. The molecule has 1 unspecified atom stereocenters. The van der Waals surface area contributed by atoms with Gasteiger partial charge in [0.2, 0.25) is 11.8 Å². The molecule has 1 fully saturated rings. The molecule has 142 valence electrons. The molecule has 1 aliphatic heterocycles. The second-order valence-electron chi connectivity index (χ2n) is 8.90. The van der Waals surface area contributed by atoms with Crippen molar-refractivity contribution in [2.45, 2.75) is 53.0 Å². The molecule has 1 saturated heterocycles. The van der Waals surface area contributed by atoms with Gasteiger partial charge < -0.3 is 0 Å². The van der Waals surface area contributed by atoms with Gasteiger partial charge in [0.1, 0.15) is 0 Å². The summed E-state index contributed by atoms with van der Waals surface area (Å²) in [5, 5.41) is 0. The van der Waals surface area contributed by atoms with E-state index in [9.17, 15) is 9.59 Å². The zero-order valence-corrected chi connectivity index (χ0v) is 16.7. The van der Waals surface area contributed by atoms with Crippen LogP contribution in [-0.2, 0) is 16.0 Å². The largest absolute Gasteiger partial charge is 0.279 e. The highest BCUT2D eigenvalue weighted by Crippen LogP contribution is 2.31. The van der Waals surface area contributed by atoms with Crippen LogP contribution in [0.4, 0.5) is 0 Å². The first-order chi connectivity index (χ1) is 12.7. The molecule has 1 heterocycles. The Labute approximate surface area is 162 Å². The van der Waals surface area contributed by atoms with E-state index in [1.807, 2.05) is 45.9 Å². The molecular formula is C24H29NO2. The Hall–Kier alpha value is -2.42. The fraction of sp³-hybridized carbons (Fsp3) is 0.417. The highest BCUT2D eigenvalue weighted by atomic mass is 16.2. The van der Waals surface area contributed by atoms with Gasteiger partial charge in [0.25, 0.3) is 0 Å². The van der Waals surface area contributed by atoms with Crippen LogP contribution in [0.2, 0.25) is 0 Å². The van der Waals surface area contributed by atoms with E-state index >= 15 is 0 Å². The van der Waals surface area contributed by atoms with Crippen molar-refractivity contribution in [3.8, 4) is 11.1 Å². The summed E-state index contributed by atoms with van der Waals surface area (Å²) in [6, 6.07) is 18.7. The molecule has 2 atom stereocenters. The second-order valence-corrected chi connectivity index (χ2v) is 8.90. The molecule has 0 spiro atoms. The second kappa shape index (κ2) is 7.67. The molecule has 1 aliphatic rings. The summed E-state index contributed by atoms with van der Waals surface area (Å²) in [4.78, 5) is 26.9. The Morgan fingerprint density at radius 2 is 1.59 bits per heavy atom. The van der Waals surface area contributed by atoms with E-state index in [2.05, 4.69) is 36.4 Å². The van der Waals surface area contributed by atoms with Crippen molar-refractivity contribution >= 4 is 11.8 Å². The van der Waals surface area contributed by atoms with Crippen LogP contribution in [0.25, 0.3) is 11.1 Å². The zero-order chi connectivity index (χ0) is 19.6. The van der Waals surface area contributed by atoms with Gasteiger partial charge in [0.05, 0.1) is 0 Å². The van der Waals surface area contributed by atoms with Crippen molar-refractivity contribution in [2.24, 2.45) is 11.3 Å². The molecule has 2 amide bonds. The van der Waals surface area contributed by atoms with Crippen LogP contribution in [0.5, 0.6) is 0 Å². The SMILES string of the molecule is CC1C[C@@H](Cc2ccc(-c3ccccc3)cc2)N(C(=O)CC(C)(C)C)C1=O. The minimum absolute atomic E-state index is 0.0184. The lowest BCUT2D eigenvalue weighted by molar-refractivity contribution is -0.146. The number of hydrogen-bond donors (Lipinski definition) is 0. The lowest BCUT2D eigenvalue weighted by atomic mass is 9.91. The molecular weight excluding hydrogens is 334 g/mol.